The van der Waals surface area contributed by atoms with E-state index in [1.165, 1.54) is 16.4 Å². The molecule has 2 aliphatic heterocycles. The summed E-state index contributed by atoms with van der Waals surface area (Å²) in [4.78, 5) is 14.6. The number of amides is 1. The number of hydrogen-bond donors (Lipinski definition) is 0. The minimum atomic E-state index is -3.22. The molecule has 1 unspecified atom stereocenters. The van der Waals surface area contributed by atoms with Crippen LogP contribution in [0.25, 0.3) is 0 Å². The zero-order chi connectivity index (χ0) is 16.9. The molecule has 1 saturated carbocycles. The summed E-state index contributed by atoms with van der Waals surface area (Å²) in [5, 5.41) is -0.229. The fraction of sp³-hybridized carbons (Fsp3) is 0.588. The largest absolute Gasteiger partial charge is 0.338 e. The highest BCUT2D eigenvalue weighted by Gasteiger charge is 2.54. The van der Waals surface area contributed by atoms with Crippen LogP contribution in [0.2, 0.25) is 0 Å². The Bertz CT molecular complexity index is 778. The van der Waals surface area contributed by atoms with Crippen molar-refractivity contribution < 1.29 is 17.6 Å². The lowest BCUT2D eigenvalue weighted by Crippen LogP contribution is -2.39. The highest BCUT2D eigenvalue weighted by Crippen LogP contribution is 2.44. The molecule has 3 aliphatic rings. The van der Waals surface area contributed by atoms with Crippen molar-refractivity contribution in [2.45, 2.75) is 37.5 Å². The minimum Gasteiger partial charge on any atom is -0.338 e. The third kappa shape index (κ3) is 2.63. The van der Waals surface area contributed by atoms with E-state index in [-0.39, 0.29) is 17.0 Å². The van der Waals surface area contributed by atoms with Gasteiger partial charge in [-0.25, -0.2) is 17.1 Å². The third-order valence-corrected chi connectivity index (χ3v) is 7.83. The monoisotopic (exact) mass is 352 g/mol. The molecule has 7 heteroatoms. The van der Waals surface area contributed by atoms with Gasteiger partial charge in [-0.1, -0.05) is 12.1 Å². The number of carbonyl (C=O) groups is 1. The van der Waals surface area contributed by atoms with Crippen LogP contribution in [0.1, 0.15) is 31.2 Å². The predicted molar refractivity (Wildman–Crippen MR) is 87.0 cm³/mol. The molecule has 0 bridgehead atoms. The van der Waals surface area contributed by atoms with E-state index in [0.29, 0.717) is 39.0 Å². The number of likely N-dealkylation sites (tertiary alicyclic amines) is 1. The lowest BCUT2D eigenvalue weighted by Gasteiger charge is -2.23. The zero-order valence-corrected chi connectivity index (χ0v) is 14.3. The molecule has 4 rings (SSSR count). The Morgan fingerprint density at radius 2 is 1.96 bits per heavy atom. The first-order chi connectivity index (χ1) is 11.4. The number of carbonyl (C=O) groups excluding carboxylic acids is 1. The van der Waals surface area contributed by atoms with Gasteiger partial charge in [0.05, 0.1) is 10.7 Å². The number of halogens is 1. The molecule has 24 heavy (non-hydrogen) atoms. The van der Waals surface area contributed by atoms with Crippen LogP contribution in [-0.4, -0.2) is 48.4 Å². The van der Waals surface area contributed by atoms with Crippen molar-refractivity contribution in [3.8, 4) is 0 Å². The highest BCUT2D eigenvalue weighted by molar-refractivity contribution is 7.90. The fourth-order valence-corrected chi connectivity index (χ4v) is 5.83. The highest BCUT2D eigenvalue weighted by atomic mass is 32.2. The number of sulfonamides is 1. The summed E-state index contributed by atoms with van der Waals surface area (Å²) in [7, 11) is -3.22. The van der Waals surface area contributed by atoms with Gasteiger partial charge in [0, 0.05) is 26.2 Å². The third-order valence-electron chi connectivity index (χ3n) is 5.49. The molecule has 1 amide bonds. The van der Waals surface area contributed by atoms with E-state index in [9.17, 15) is 17.6 Å². The van der Waals surface area contributed by atoms with Gasteiger partial charge in [0.1, 0.15) is 5.82 Å². The van der Waals surface area contributed by atoms with Crippen LogP contribution >= 0.6 is 0 Å². The Morgan fingerprint density at radius 3 is 2.67 bits per heavy atom. The Morgan fingerprint density at radius 1 is 1.21 bits per heavy atom. The molecule has 5 nitrogen and oxygen atoms in total. The summed E-state index contributed by atoms with van der Waals surface area (Å²) in [6.07, 6.45) is 2.76. The molecule has 2 saturated heterocycles. The van der Waals surface area contributed by atoms with E-state index in [1.807, 2.05) is 0 Å². The van der Waals surface area contributed by atoms with Crippen molar-refractivity contribution in [3.05, 3.63) is 35.6 Å². The Labute approximate surface area is 141 Å². The van der Waals surface area contributed by atoms with Crippen LogP contribution in [0, 0.1) is 11.2 Å². The maximum Gasteiger partial charge on any atom is 0.230 e. The topological polar surface area (TPSA) is 57.7 Å². The van der Waals surface area contributed by atoms with Crippen LogP contribution in [0.3, 0.4) is 0 Å². The van der Waals surface area contributed by atoms with Gasteiger partial charge in [-0.05, 0) is 43.4 Å². The van der Waals surface area contributed by atoms with Gasteiger partial charge in [-0.2, -0.15) is 0 Å². The molecule has 0 aromatic heterocycles. The van der Waals surface area contributed by atoms with Crippen LogP contribution in [0.4, 0.5) is 4.39 Å². The fourth-order valence-electron chi connectivity index (χ4n) is 3.91. The van der Waals surface area contributed by atoms with Crippen molar-refractivity contribution in [2.24, 2.45) is 5.41 Å². The molecule has 1 aliphatic carbocycles. The van der Waals surface area contributed by atoms with Crippen LogP contribution in [0.15, 0.2) is 24.3 Å². The summed E-state index contributed by atoms with van der Waals surface area (Å²) in [6.45, 7) is 1.74. The standard InChI is InChI=1S/C17H21FN2O3S/c18-14-3-1-2-13(10-14)11-19-8-6-17(16(19)21)7-9-20(12-17)24(22,23)15-4-5-15/h1-3,10,15H,4-9,11-12H2. The molecule has 3 fully saturated rings. The molecule has 2 heterocycles. The number of nitrogens with zero attached hydrogens (tertiary/aromatic N) is 2. The van der Waals surface area contributed by atoms with Gasteiger partial charge in [-0.15, -0.1) is 0 Å². The molecule has 1 atom stereocenters. The summed E-state index contributed by atoms with van der Waals surface area (Å²) >= 11 is 0. The van der Waals surface area contributed by atoms with Crippen molar-refractivity contribution >= 4 is 15.9 Å². The Balaban J connectivity index is 1.47. The lowest BCUT2D eigenvalue weighted by atomic mass is 9.86. The van der Waals surface area contributed by atoms with Gasteiger partial charge >= 0.3 is 0 Å². The van der Waals surface area contributed by atoms with Crippen LogP contribution in [-0.2, 0) is 21.4 Å². The quantitative estimate of drug-likeness (QED) is 0.829. The Hall–Kier alpha value is -1.47. The van der Waals surface area contributed by atoms with E-state index >= 15 is 0 Å². The van der Waals surface area contributed by atoms with E-state index in [0.717, 1.165) is 18.4 Å². The second-order valence-electron chi connectivity index (χ2n) is 7.21. The summed E-state index contributed by atoms with van der Waals surface area (Å²) in [6, 6.07) is 6.27. The SMILES string of the molecule is O=C1N(Cc2cccc(F)c2)CCC12CCN(S(=O)(=O)C1CC1)C2. The van der Waals surface area contributed by atoms with Gasteiger partial charge in [0.25, 0.3) is 0 Å². The van der Waals surface area contributed by atoms with E-state index < -0.39 is 15.4 Å². The molecule has 0 N–H and O–H groups in total. The number of rotatable bonds is 4. The average molecular weight is 352 g/mol. The first kappa shape index (κ1) is 16.0. The number of benzene rings is 1. The van der Waals surface area contributed by atoms with Gasteiger partial charge in [0.2, 0.25) is 15.9 Å². The molecule has 1 aromatic rings. The van der Waals surface area contributed by atoms with E-state index in [1.54, 1.807) is 17.0 Å². The van der Waals surface area contributed by atoms with Crippen molar-refractivity contribution in [2.75, 3.05) is 19.6 Å². The lowest BCUT2D eigenvalue weighted by molar-refractivity contribution is -0.135. The first-order valence-corrected chi connectivity index (χ1v) is 9.94. The average Bonchev–Trinajstić information content (AvgIpc) is 3.26. The predicted octanol–water partition coefficient (Wildman–Crippen LogP) is 1.74. The molecular formula is C17H21FN2O3S. The zero-order valence-electron chi connectivity index (χ0n) is 13.4. The van der Waals surface area contributed by atoms with Gasteiger partial charge in [-0.3, -0.25) is 4.79 Å². The first-order valence-electron chi connectivity index (χ1n) is 8.44. The summed E-state index contributed by atoms with van der Waals surface area (Å²) < 4.78 is 39.7. The summed E-state index contributed by atoms with van der Waals surface area (Å²) in [5.41, 5.74) is 0.191. The van der Waals surface area contributed by atoms with E-state index in [4.69, 9.17) is 0 Å². The normalized spacial score (nSPS) is 28.2. The molecule has 1 spiro atoms. The Kier molecular flexibility index (Phi) is 3.69. The second kappa shape index (κ2) is 5.52. The van der Waals surface area contributed by atoms with Crippen molar-refractivity contribution in [1.82, 2.24) is 9.21 Å². The maximum absolute atomic E-state index is 13.3. The molecular weight excluding hydrogens is 331 g/mol. The van der Waals surface area contributed by atoms with Crippen LogP contribution in [0.5, 0.6) is 0 Å². The summed E-state index contributed by atoms with van der Waals surface area (Å²) in [5.74, 6) is -0.295. The second-order valence-corrected chi connectivity index (χ2v) is 9.43. The van der Waals surface area contributed by atoms with Crippen LogP contribution < -0.4 is 0 Å². The van der Waals surface area contributed by atoms with Crippen molar-refractivity contribution in [3.63, 3.8) is 0 Å². The van der Waals surface area contributed by atoms with Crippen molar-refractivity contribution in [1.29, 1.82) is 0 Å². The number of hydrogen-bond acceptors (Lipinski definition) is 3. The minimum absolute atomic E-state index is 0.0141. The van der Waals surface area contributed by atoms with Gasteiger partial charge in [0.15, 0.2) is 0 Å². The molecule has 0 radical (unpaired) electrons. The smallest absolute Gasteiger partial charge is 0.230 e. The van der Waals surface area contributed by atoms with E-state index in [2.05, 4.69) is 0 Å². The maximum atomic E-state index is 13.3. The van der Waals surface area contributed by atoms with Gasteiger partial charge < -0.3 is 4.90 Å². The molecule has 1 aromatic carbocycles. The molecule has 130 valence electrons.